The minimum absolute atomic E-state index is 0.0921. The smallest absolute Gasteiger partial charge is 0.260 e. The Hall–Kier alpha value is -2.02. The number of benzene rings is 1. The molecule has 0 spiro atoms. The normalized spacial score (nSPS) is 11.7. The number of hydrogen-bond donors (Lipinski definition) is 1. The highest BCUT2D eigenvalue weighted by Crippen LogP contribution is 2.13. The van der Waals surface area contributed by atoms with Crippen LogP contribution in [0.1, 0.15) is 26.3 Å². The van der Waals surface area contributed by atoms with Gasteiger partial charge in [0, 0.05) is 6.04 Å². The summed E-state index contributed by atoms with van der Waals surface area (Å²) in [6, 6.07) is 8.78. The Labute approximate surface area is 101 Å². The lowest BCUT2D eigenvalue weighted by molar-refractivity contribution is -0.127. The van der Waals surface area contributed by atoms with Crippen LogP contribution in [0, 0.1) is 11.3 Å². The van der Waals surface area contributed by atoms with Crippen LogP contribution in [0.2, 0.25) is 0 Å². The van der Waals surface area contributed by atoms with Gasteiger partial charge in [-0.05, 0) is 45.0 Å². The summed E-state index contributed by atoms with van der Waals surface area (Å²) in [5.41, 5.74) is 0.566. The molecule has 1 aromatic rings. The molecule has 0 bridgehead atoms. The Morgan fingerprint density at radius 3 is 2.35 bits per heavy atom. The molecule has 4 heteroatoms. The molecule has 0 heterocycles. The van der Waals surface area contributed by atoms with E-state index in [1.165, 1.54) is 0 Å². The van der Waals surface area contributed by atoms with Crippen LogP contribution in [0.4, 0.5) is 0 Å². The zero-order valence-electron chi connectivity index (χ0n) is 10.2. The van der Waals surface area contributed by atoms with Gasteiger partial charge in [-0.2, -0.15) is 5.26 Å². The summed E-state index contributed by atoms with van der Waals surface area (Å²) in [5, 5.41) is 11.4. The van der Waals surface area contributed by atoms with E-state index in [0.717, 1.165) is 0 Å². The lowest BCUT2D eigenvalue weighted by Gasteiger charge is -2.16. The van der Waals surface area contributed by atoms with E-state index >= 15 is 0 Å². The van der Waals surface area contributed by atoms with Gasteiger partial charge in [-0.15, -0.1) is 0 Å². The molecule has 90 valence electrons. The lowest BCUT2D eigenvalue weighted by Crippen LogP contribution is -2.39. The molecular weight excluding hydrogens is 216 g/mol. The Morgan fingerprint density at radius 2 is 1.88 bits per heavy atom. The number of nitrogens with zero attached hydrogens (tertiary/aromatic N) is 1. The van der Waals surface area contributed by atoms with E-state index in [2.05, 4.69) is 5.32 Å². The largest absolute Gasteiger partial charge is 0.481 e. The van der Waals surface area contributed by atoms with Crippen molar-refractivity contribution >= 4 is 5.91 Å². The van der Waals surface area contributed by atoms with Crippen molar-refractivity contribution in [2.75, 3.05) is 0 Å². The maximum absolute atomic E-state index is 11.6. The molecule has 0 saturated heterocycles. The van der Waals surface area contributed by atoms with Crippen molar-refractivity contribution in [1.82, 2.24) is 5.32 Å². The minimum atomic E-state index is -0.551. The highest BCUT2D eigenvalue weighted by Gasteiger charge is 2.14. The van der Waals surface area contributed by atoms with E-state index in [4.69, 9.17) is 10.00 Å². The molecule has 0 aliphatic heterocycles. The molecule has 1 unspecified atom stereocenters. The minimum Gasteiger partial charge on any atom is -0.481 e. The van der Waals surface area contributed by atoms with Gasteiger partial charge in [0.15, 0.2) is 6.10 Å². The molecule has 0 aliphatic carbocycles. The van der Waals surface area contributed by atoms with Gasteiger partial charge in [-0.3, -0.25) is 4.79 Å². The van der Waals surface area contributed by atoms with Crippen molar-refractivity contribution in [2.24, 2.45) is 0 Å². The van der Waals surface area contributed by atoms with Crippen molar-refractivity contribution in [3.8, 4) is 11.8 Å². The molecular formula is C13H16N2O2. The maximum Gasteiger partial charge on any atom is 0.260 e. The predicted octanol–water partition coefficient (Wildman–Crippen LogP) is 1.85. The van der Waals surface area contributed by atoms with Gasteiger partial charge in [-0.25, -0.2) is 0 Å². The second kappa shape index (κ2) is 5.90. The van der Waals surface area contributed by atoms with Gasteiger partial charge < -0.3 is 10.1 Å². The second-order valence-electron chi connectivity index (χ2n) is 4.06. The average Bonchev–Trinajstić information content (AvgIpc) is 2.29. The standard InChI is InChI=1S/C13H16N2O2/c1-9(2)15-13(16)10(3)17-12-6-4-11(8-14)5-7-12/h4-7,9-10H,1-3H3,(H,15,16). The fourth-order valence-corrected chi connectivity index (χ4v) is 1.27. The topological polar surface area (TPSA) is 62.1 Å². The van der Waals surface area contributed by atoms with Gasteiger partial charge in [0.1, 0.15) is 5.75 Å². The fraction of sp³-hybridized carbons (Fsp3) is 0.385. The summed E-state index contributed by atoms with van der Waals surface area (Å²) in [7, 11) is 0. The Morgan fingerprint density at radius 1 is 1.29 bits per heavy atom. The van der Waals surface area contributed by atoms with Crippen LogP contribution >= 0.6 is 0 Å². The fourth-order valence-electron chi connectivity index (χ4n) is 1.27. The summed E-state index contributed by atoms with van der Waals surface area (Å²) in [4.78, 5) is 11.6. The summed E-state index contributed by atoms with van der Waals surface area (Å²) in [6.45, 7) is 5.48. The Balaban J connectivity index is 2.58. The summed E-state index contributed by atoms with van der Waals surface area (Å²) < 4.78 is 5.46. The van der Waals surface area contributed by atoms with Crippen LogP contribution in [0.3, 0.4) is 0 Å². The number of nitriles is 1. The lowest BCUT2D eigenvalue weighted by atomic mass is 10.2. The van der Waals surface area contributed by atoms with Crippen LogP contribution < -0.4 is 10.1 Å². The first-order valence-corrected chi connectivity index (χ1v) is 5.50. The molecule has 0 aromatic heterocycles. The molecule has 17 heavy (non-hydrogen) atoms. The second-order valence-corrected chi connectivity index (χ2v) is 4.06. The highest BCUT2D eigenvalue weighted by molar-refractivity contribution is 5.80. The van der Waals surface area contributed by atoms with E-state index in [-0.39, 0.29) is 11.9 Å². The molecule has 1 rings (SSSR count). The summed E-state index contributed by atoms with van der Waals surface area (Å²) in [6.07, 6.45) is -0.551. The van der Waals surface area contributed by atoms with Crippen molar-refractivity contribution in [3.05, 3.63) is 29.8 Å². The Kier molecular flexibility index (Phi) is 4.53. The third kappa shape index (κ3) is 4.15. The van der Waals surface area contributed by atoms with Crippen molar-refractivity contribution < 1.29 is 9.53 Å². The molecule has 1 aromatic carbocycles. The number of amides is 1. The molecule has 0 radical (unpaired) electrons. The monoisotopic (exact) mass is 232 g/mol. The molecule has 1 atom stereocenters. The van der Waals surface area contributed by atoms with E-state index in [1.54, 1.807) is 31.2 Å². The molecule has 1 N–H and O–H groups in total. The van der Waals surface area contributed by atoms with E-state index < -0.39 is 6.10 Å². The SMILES string of the molecule is CC(C)NC(=O)C(C)Oc1ccc(C#N)cc1. The number of nitrogens with one attached hydrogen (secondary N) is 1. The summed E-state index contributed by atoms with van der Waals surface area (Å²) >= 11 is 0. The molecule has 4 nitrogen and oxygen atoms in total. The number of carbonyl (C=O) groups is 1. The van der Waals surface area contributed by atoms with Gasteiger partial charge in [0.2, 0.25) is 0 Å². The summed E-state index contributed by atoms with van der Waals surface area (Å²) in [5.74, 6) is 0.430. The zero-order chi connectivity index (χ0) is 12.8. The first-order valence-electron chi connectivity index (χ1n) is 5.50. The number of ether oxygens (including phenoxy) is 1. The first-order chi connectivity index (χ1) is 8.02. The predicted molar refractivity (Wildman–Crippen MR) is 64.5 cm³/mol. The zero-order valence-corrected chi connectivity index (χ0v) is 10.2. The molecule has 1 amide bonds. The van der Waals surface area contributed by atoms with Crippen molar-refractivity contribution in [1.29, 1.82) is 5.26 Å². The number of carbonyl (C=O) groups excluding carboxylic acids is 1. The van der Waals surface area contributed by atoms with Crippen LogP contribution in [0.5, 0.6) is 5.75 Å². The van der Waals surface area contributed by atoms with Crippen LogP contribution in [0.15, 0.2) is 24.3 Å². The van der Waals surface area contributed by atoms with E-state index in [0.29, 0.717) is 11.3 Å². The van der Waals surface area contributed by atoms with Crippen LogP contribution in [-0.4, -0.2) is 18.1 Å². The number of hydrogen-bond acceptors (Lipinski definition) is 3. The van der Waals surface area contributed by atoms with Gasteiger partial charge in [-0.1, -0.05) is 0 Å². The molecule has 0 aliphatic rings. The quantitative estimate of drug-likeness (QED) is 0.861. The van der Waals surface area contributed by atoms with Gasteiger partial charge in [0.05, 0.1) is 11.6 Å². The third-order valence-electron chi connectivity index (χ3n) is 2.10. The van der Waals surface area contributed by atoms with Crippen molar-refractivity contribution in [3.63, 3.8) is 0 Å². The van der Waals surface area contributed by atoms with Gasteiger partial charge in [0.25, 0.3) is 5.91 Å². The van der Waals surface area contributed by atoms with E-state index in [9.17, 15) is 4.79 Å². The Bertz CT molecular complexity index is 418. The van der Waals surface area contributed by atoms with Crippen LogP contribution in [0.25, 0.3) is 0 Å². The highest BCUT2D eigenvalue weighted by atomic mass is 16.5. The van der Waals surface area contributed by atoms with Crippen molar-refractivity contribution in [2.45, 2.75) is 32.9 Å². The molecule has 0 fully saturated rings. The maximum atomic E-state index is 11.6. The first kappa shape index (κ1) is 13.0. The third-order valence-corrected chi connectivity index (χ3v) is 2.10. The van der Waals surface area contributed by atoms with Gasteiger partial charge >= 0.3 is 0 Å². The average molecular weight is 232 g/mol. The number of rotatable bonds is 4. The van der Waals surface area contributed by atoms with Crippen LogP contribution in [-0.2, 0) is 4.79 Å². The van der Waals surface area contributed by atoms with E-state index in [1.807, 2.05) is 19.9 Å². The molecule has 0 saturated carbocycles.